The third-order valence-electron chi connectivity index (χ3n) is 5.15. The largest absolute Gasteiger partial charge is 0.431 e. The summed E-state index contributed by atoms with van der Waals surface area (Å²) in [5.41, 5.74) is 4.01. The van der Waals surface area contributed by atoms with E-state index in [4.69, 9.17) is 4.42 Å². The quantitative estimate of drug-likeness (QED) is 0.446. The molecule has 3 heterocycles. The SMILES string of the molecule is O=C(CSc1nc2ccccc2o1)Nc1ccc(-c2ccc(N3CCCC3)nn2)cc1. The number of rotatable bonds is 6. The second-order valence-electron chi connectivity index (χ2n) is 7.33. The number of carbonyl (C=O) groups excluding carboxylic acids is 1. The maximum absolute atomic E-state index is 12.3. The molecule has 1 amide bonds. The van der Waals surface area contributed by atoms with Crippen LogP contribution in [0.25, 0.3) is 22.4 Å². The number of carbonyl (C=O) groups is 1. The Hall–Kier alpha value is -3.39. The van der Waals surface area contributed by atoms with Gasteiger partial charge in [-0.3, -0.25) is 4.79 Å². The minimum atomic E-state index is -0.116. The molecule has 1 saturated heterocycles. The van der Waals surface area contributed by atoms with Gasteiger partial charge in [0.1, 0.15) is 5.52 Å². The van der Waals surface area contributed by atoms with Gasteiger partial charge in [-0.25, -0.2) is 4.98 Å². The van der Waals surface area contributed by atoms with Gasteiger partial charge in [-0.2, -0.15) is 0 Å². The molecule has 1 fully saturated rings. The summed E-state index contributed by atoms with van der Waals surface area (Å²) in [7, 11) is 0. The average molecular weight is 432 g/mol. The zero-order valence-corrected chi connectivity index (χ0v) is 17.6. The molecule has 1 aliphatic heterocycles. The molecule has 2 aromatic carbocycles. The van der Waals surface area contributed by atoms with Crippen molar-refractivity contribution in [2.24, 2.45) is 0 Å². The molecule has 0 bridgehead atoms. The number of amides is 1. The normalized spacial score (nSPS) is 13.6. The van der Waals surface area contributed by atoms with Gasteiger partial charge in [-0.1, -0.05) is 36.0 Å². The molecule has 31 heavy (non-hydrogen) atoms. The highest BCUT2D eigenvalue weighted by molar-refractivity contribution is 7.99. The molecule has 0 saturated carbocycles. The fraction of sp³-hybridized carbons (Fsp3) is 0.217. The lowest BCUT2D eigenvalue weighted by molar-refractivity contribution is -0.113. The van der Waals surface area contributed by atoms with Gasteiger partial charge >= 0.3 is 0 Å². The number of fused-ring (bicyclic) bond motifs is 1. The van der Waals surface area contributed by atoms with Gasteiger partial charge in [0.05, 0.1) is 11.4 Å². The van der Waals surface area contributed by atoms with E-state index in [1.165, 1.54) is 24.6 Å². The number of aromatic nitrogens is 3. The van der Waals surface area contributed by atoms with Crippen LogP contribution in [0.2, 0.25) is 0 Å². The maximum Gasteiger partial charge on any atom is 0.257 e. The third-order valence-corrected chi connectivity index (χ3v) is 5.97. The number of benzene rings is 2. The predicted molar refractivity (Wildman–Crippen MR) is 122 cm³/mol. The van der Waals surface area contributed by atoms with Gasteiger partial charge in [0.25, 0.3) is 5.22 Å². The Morgan fingerprint density at radius 2 is 1.81 bits per heavy atom. The second-order valence-corrected chi connectivity index (χ2v) is 8.26. The second kappa shape index (κ2) is 8.77. The number of hydrogen-bond acceptors (Lipinski definition) is 7. The van der Waals surface area contributed by atoms with Gasteiger partial charge in [0.15, 0.2) is 11.4 Å². The van der Waals surface area contributed by atoms with Crippen molar-refractivity contribution in [3.8, 4) is 11.3 Å². The highest BCUT2D eigenvalue weighted by atomic mass is 32.2. The third kappa shape index (κ3) is 4.54. The van der Waals surface area contributed by atoms with Crippen molar-refractivity contribution in [3.63, 3.8) is 0 Å². The number of hydrogen-bond donors (Lipinski definition) is 1. The molecule has 1 N–H and O–H groups in total. The topological polar surface area (TPSA) is 84.2 Å². The van der Waals surface area contributed by atoms with Crippen LogP contribution in [0.1, 0.15) is 12.8 Å². The van der Waals surface area contributed by atoms with Crippen LogP contribution in [-0.4, -0.2) is 39.9 Å². The lowest BCUT2D eigenvalue weighted by atomic mass is 10.1. The molecular formula is C23H21N5O2S. The smallest absolute Gasteiger partial charge is 0.257 e. The molecular weight excluding hydrogens is 410 g/mol. The number of nitrogens with zero attached hydrogens (tertiary/aromatic N) is 4. The Balaban J connectivity index is 1.17. The standard InChI is InChI=1S/C23H21N5O2S/c29-22(15-31-23-25-19-5-1-2-6-20(19)30-23)24-17-9-7-16(8-10-17)18-11-12-21(27-26-18)28-13-3-4-14-28/h1-2,5-12H,3-4,13-15H2,(H,24,29). The van der Waals surface area contributed by atoms with Crippen LogP contribution in [0.15, 0.2) is 70.3 Å². The van der Waals surface area contributed by atoms with Gasteiger partial charge < -0.3 is 14.6 Å². The van der Waals surface area contributed by atoms with Gasteiger partial charge in [-0.15, -0.1) is 10.2 Å². The van der Waals surface area contributed by atoms with E-state index in [0.29, 0.717) is 5.22 Å². The molecule has 4 aromatic rings. The molecule has 156 valence electrons. The maximum atomic E-state index is 12.3. The van der Waals surface area contributed by atoms with Crippen molar-refractivity contribution in [1.29, 1.82) is 0 Å². The molecule has 2 aromatic heterocycles. The highest BCUT2D eigenvalue weighted by Gasteiger charge is 2.14. The average Bonchev–Trinajstić information content (AvgIpc) is 3.48. The van der Waals surface area contributed by atoms with E-state index in [1.54, 1.807) is 0 Å². The number of nitrogens with one attached hydrogen (secondary N) is 1. The van der Waals surface area contributed by atoms with Crippen molar-refractivity contribution >= 4 is 40.3 Å². The molecule has 0 radical (unpaired) electrons. The van der Waals surface area contributed by atoms with E-state index < -0.39 is 0 Å². The number of anilines is 2. The van der Waals surface area contributed by atoms with Crippen molar-refractivity contribution in [3.05, 3.63) is 60.7 Å². The molecule has 0 atom stereocenters. The Kier molecular flexibility index (Phi) is 5.54. The van der Waals surface area contributed by atoms with Gasteiger partial charge in [-0.05, 0) is 49.2 Å². The minimum absolute atomic E-state index is 0.116. The molecule has 0 spiro atoms. The van der Waals surface area contributed by atoms with Crippen molar-refractivity contribution in [2.45, 2.75) is 18.1 Å². The van der Waals surface area contributed by atoms with Crippen LogP contribution in [0.5, 0.6) is 0 Å². The number of oxazole rings is 1. The summed E-state index contributed by atoms with van der Waals surface area (Å²) in [4.78, 5) is 18.9. The van der Waals surface area contributed by atoms with Crippen molar-refractivity contribution in [1.82, 2.24) is 15.2 Å². The summed E-state index contributed by atoms with van der Waals surface area (Å²) < 4.78 is 5.63. The zero-order valence-electron chi connectivity index (χ0n) is 16.8. The minimum Gasteiger partial charge on any atom is -0.431 e. The summed E-state index contributed by atoms with van der Waals surface area (Å²) in [6.45, 7) is 2.10. The van der Waals surface area contributed by atoms with Crippen LogP contribution < -0.4 is 10.2 Å². The summed E-state index contributed by atoms with van der Waals surface area (Å²) >= 11 is 1.27. The fourth-order valence-corrected chi connectivity index (χ4v) is 4.19. The van der Waals surface area contributed by atoms with E-state index >= 15 is 0 Å². The lowest BCUT2D eigenvalue weighted by Gasteiger charge is -2.15. The van der Waals surface area contributed by atoms with Crippen LogP contribution in [0.4, 0.5) is 11.5 Å². The summed E-state index contributed by atoms with van der Waals surface area (Å²) in [6, 6.07) is 19.2. The molecule has 7 nitrogen and oxygen atoms in total. The molecule has 8 heteroatoms. The van der Waals surface area contributed by atoms with E-state index in [9.17, 15) is 4.79 Å². The Bertz CT molecular complexity index is 1150. The molecule has 0 aliphatic carbocycles. The van der Waals surface area contributed by atoms with Crippen molar-refractivity contribution < 1.29 is 9.21 Å². The van der Waals surface area contributed by atoms with Crippen LogP contribution >= 0.6 is 11.8 Å². The Labute approximate surface area is 183 Å². The Morgan fingerprint density at radius 3 is 2.55 bits per heavy atom. The number of thioether (sulfide) groups is 1. The first-order chi connectivity index (χ1) is 15.2. The first kappa shape index (κ1) is 19.6. The molecule has 5 rings (SSSR count). The monoisotopic (exact) mass is 431 g/mol. The number of para-hydroxylation sites is 2. The van der Waals surface area contributed by atoms with E-state index in [2.05, 4.69) is 25.4 Å². The van der Waals surface area contributed by atoms with E-state index in [-0.39, 0.29) is 11.7 Å². The van der Waals surface area contributed by atoms with Gasteiger partial charge in [0, 0.05) is 24.3 Å². The Morgan fingerprint density at radius 1 is 1.00 bits per heavy atom. The zero-order chi connectivity index (χ0) is 21.0. The van der Waals surface area contributed by atoms with Crippen LogP contribution in [0.3, 0.4) is 0 Å². The van der Waals surface area contributed by atoms with E-state index in [1.807, 2.05) is 60.7 Å². The van der Waals surface area contributed by atoms with Crippen LogP contribution in [0, 0.1) is 0 Å². The van der Waals surface area contributed by atoms with Crippen molar-refractivity contribution in [2.75, 3.05) is 29.1 Å². The van der Waals surface area contributed by atoms with E-state index in [0.717, 1.165) is 47.0 Å². The summed E-state index contributed by atoms with van der Waals surface area (Å²) in [6.07, 6.45) is 2.42. The molecule has 1 aliphatic rings. The van der Waals surface area contributed by atoms with Gasteiger partial charge in [0.2, 0.25) is 5.91 Å². The highest BCUT2D eigenvalue weighted by Crippen LogP contribution is 2.24. The van der Waals surface area contributed by atoms with Crippen LogP contribution in [-0.2, 0) is 4.79 Å². The lowest BCUT2D eigenvalue weighted by Crippen LogP contribution is -2.19. The molecule has 0 unspecified atom stereocenters. The summed E-state index contributed by atoms with van der Waals surface area (Å²) in [5.74, 6) is 1.04. The summed E-state index contributed by atoms with van der Waals surface area (Å²) in [5, 5.41) is 12.1. The first-order valence-electron chi connectivity index (χ1n) is 10.2. The first-order valence-corrected chi connectivity index (χ1v) is 11.2. The fourth-order valence-electron chi connectivity index (χ4n) is 3.56. The predicted octanol–water partition coefficient (Wildman–Crippen LogP) is 4.62.